The number of hydrogen-bond acceptors (Lipinski definition) is 8. The molecule has 3 heterocycles. The molecule has 8 nitrogen and oxygen atoms in total. The van der Waals surface area contributed by atoms with E-state index >= 15 is 0 Å². The zero-order valence-electron chi connectivity index (χ0n) is 20.3. The number of anilines is 2. The Labute approximate surface area is 218 Å². The number of benzene rings is 1. The maximum Gasteiger partial charge on any atom is 0.246 e. The summed E-state index contributed by atoms with van der Waals surface area (Å²) in [6.45, 7) is 4.58. The van der Waals surface area contributed by atoms with E-state index in [-0.39, 0.29) is 10.9 Å². The van der Waals surface area contributed by atoms with Crippen LogP contribution in [-0.2, 0) is 27.2 Å². The summed E-state index contributed by atoms with van der Waals surface area (Å²) in [5.41, 5.74) is 1.79. The van der Waals surface area contributed by atoms with E-state index < -0.39 is 5.82 Å². The van der Waals surface area contributed by atoms with Crippen LogP contribution in [0.4, 0.5) is 15.9 Å². The molecule has 0 atom stereocenters. The molecule has 4 rings (SSSR count). The van der Waals surface area contributed by atoms with Crippen molar-refractivity contribution in [2.45, 2.75) is 13.0 Å². The van der Waals surface area contributed by atoms with E-state index in [0.29, 0.717) is 50.8 Å². The minimum Gasteiger partial charge on any atom is -0.383 e. The zero-order valence-corrected chi connectivity index (χ0v) is 21.9. The van der Waals surface area contributed by atoms with Crippen LogP contribution in [0.5, 0.6) is 0 Å². The Morgan fingerprint density at radius 1 is 1.28 bits per heavy atom. The highest BCUT2D eigenvalue weighted by Crippen LogP contribution is 2.38. The SMILES string of the molecule is COCCN(C/C=C/C(=O)N1CCc2c(sc3ncnc(Nc4ccc(F)c(Cl)c4)c23)C1)CCOC. The molecular formula is C25H29ClFN5O3S. The number of carbonyl (C=O) groups excluding carboxylic acids is 1. The van der Waals surface area contributed by atoms with E-state index in [1.54, 1.807) is 37.7 Å². The first-order valence-electron chi connectivity index (χ1n) is 11.6. The van der Waals surface area contributed by atoms with Crippen LogP contribution in [-0.4, -0.2) is 79.3 Å². The minimum absolute atomic E-state index is 0.0121. The van der Waals surface area contributed by atoms with Crippen LogP contribution in [0.3, 0.4) is 0 Å². The van der Waals surface area contributed by atoms with Gasteiger partial charge in [0.1, 0.15) is 22.8 Å². The topological polar surface area (TPSA) is 79.8 Å². The molecule has 0 spiro atoms. The van der Waals surface area contributed by atoms with Gasteiger partial charge in [0.15, 0.2) is 0 Å². The molecule has 0 unspecified atom stereocenters. The Hall–Kier alpha value is -2.63. The van der Waals surface area contributed by atoms with Crippen molar-refractivity contribution in [3.63, 3.8) is 0 Å². The molecule has 192 valence electrons. The lowest BCUT2D eigenvalue weighted by Gasteiger charge is -2.26. The highest BCUT2D eigenvalue weighted by atomic mass is 35.5. The molecule has 0 fully saturated rings. The fourth-order valence-electron chi connectivity index (χ4n) is 4.06. The zero-order chi connectivity index (χ0) is 25.5. The molecule has 11 heteroatoms. The number of thiophene rings is 1. The lowest BCUT2D eigenvalue weighted by atomic mass is 10.0. The average molecular weight is 534 g/mol. The van der Waals surface area contributed by atoms with Crippen LogP contribution in [0.15, 0.2) is 36.7 Å². The third-order valence-electron chi connectivity index (χ3n) is 5.98. The number of rotatable bonds is 11. The molecule has 1 amide bonds. The maximum absolute atomic E-state index is 13.6. The molecule has 1 aliphatic heterocycles. The van der Waals surface area contributed by atoms with Gasteiger partial charge in [0.05, 0.1) is 30.2 Å². The van der Waals surface area contributed by atoms with Gasteiger partial charge in [-0.3, -0.25) is 9.69 Å². The number of methoxy groups -OCH3 is 2. The molecule has 1 aromatic carbocycles. The van der Waals surface area contributed by atoms with Gasteiger partial charge in [0.2, 0.25) is 5.91 Å². The van der Waals surface area contributed by atoms with Crippen LogP contribution in [0.1, 0.15) is 10.4 Å². The van der Waals surface area contributed by atoms with Crippen LogP contribution >= 0.6 is 22.9 Å². The first-order chi connectivity index (χ1) is 17.5. The summed E-state index contributed by atoms with van der Waals surface area (Å²) < 4.78 is 23.9. The summed E-state index contributed by atoms with van der Waals surface area (Å²) in [5, 5.41) is 4.22. The quantitative estimate of drug-likeness (QED) is 0.369. The third kappa shape index (κ3) is 6.37. The number of halogens is 2. The van der Waals surface area contributed by atoms with Gasteiger partial charge < -0.3 is 19.7 Å². The lowest BCUT2D eigenvalue weighted by molar-refractivity contribution is -0.126. The van der Waals surface area contributed by atoms with Gasteiger partial charge in [-0.2, -0.15) is 0 Å². The van der Waals surface area contributed by atoms with Crippen molar-refractivity contribution in [3.05, 3.63) is 58.0 Å². The fraction of sp³-hybridized carbons (Fsp3) is 0.400. The second-order valence-corrected chi connectivity index (χ2v) is 9.85. The second-order valence-electron chi connectivity index (χ2n) is 8.36. The van der Waals surface area contributed by atoms with Gasteiger partial charge in [-0.25, -0.2) is 14.4 Å². The van der Waals surface area contributed by atoms with Crippen LogP contribution in [0, 0.1) is 5.82 Å². The first-order valence-corrected chi connectivity index (χ1v) is 12.8. The molecular weight excluding hydrogens is 505 g/mol. The number of nitrogens with zero attached hydrogens (tertiary/aromatic N) is 4. The van der Waals surface area contributed by atoms with Gasteiger partial charge in [-0.05, 0) is 30.2 Å². The van der Waals surface area contributed by atoms with Gasteiger partial charge in [-0.15, -0.1) is 11.3 Å². The van der Waals surface area contributed by atoms with E-state index in [1.807, 2.05) is 11.0 Å². The van der Waals surface area contributed by atoms with Crippen molar-refractivity contribution < 1.29 is 18.7 Å². The summed E-state index contributed by atoms with van der Waals surface area (Å²) in [4.78, 5) is 27.7. The number of ether oxygens (including phenoxy) is 2. The van der Waals surface area contributed by atoms with Crippen molar-refractivity contribution >= 4 is 50.6 Å². The number of fused-ring (bicyclic) bond motifs is 3. The van der Waals surface area contributed by atoms with Crippen molar-refractivity contribution in [2.75, 3.05) is 58.9 Å². The molecule has 1 N–H and O–H groups in total. The maximum atomic E-state index is 13.6. The fourth-order valence-corrected chi connectivity index (χ4v) is 5.45. The molecule has 0 saturated heterocycles. The summed E-state index contributed by atoms with van der Waals surface area (Å²) in [6.07, 6.45) is 5.75. The van der Waals surface area contributed by atoms with E-state index in [4.69, 9.17) is 21.1 Å². The van der Waals surface area contributed by atoms with E-state index in [0.717, 1.165) is 33.7 Å². The van der Waals surface area contributed by atoms with E-state index in [1.165, 1.54) is 18.5 Å². The molecule has 36 heavy (non-hydrogen) atoms. The predicted molar refractivity (Wildman–Crippen MR) is 141 cm³/mol. The Balaban J connectivity index is 1.45. The number of nitrogens with one attached hydrogen (secondary N) is 1. The molecule has 2 aromatic heterocycles. The highest BCUT2D eigenvalue weighted by molar-refractivity contribution is 7.19. The van der Waals surface area contributed by atoms with Crippen molar-refractivity contribution in [1.82, 2.24) is 19.8 Å². The number of aromatic nitrogens is 2. The van der Waals surface area contributed by atoms with E-state index in [2.05, 4.69) is 20.2 Å². The largest absolute Gasteiger partial charge is 0.383 e. The number of amides is 1. The monoisotopic (exact) mass is 533 g/mol. The van der Waals surface area contributed by atoms with Gasteiger partial charge in [0.25, 0.3) is 0 Å². The van der Waals surface area contributed by atoms with Gasteiger partial charge in [-0.1, -0.05) is 17.7 Å². The molecule has 0 saturated carbocycles. The highest BCUT2D eigenvalue weighted by Gasteiger charge is 2.25. The molecule has 0 aliphatic carbocycles. The van der Waals surface area contributed by atoms with Crippen LogP contribution in [0.25, 0.3) is 10.2 Å². The molecule has 0 bridgehead atoms. The van der Waals surface area contributed by atoms with Crippen LogP contribution in [0.2, 0.25) is 5.02 Å². The standard InChI is InChI=1S/C25H29ClFN5O3S/c1-34-12-10-31(11-13-35-2)8-3-4-22(33)32-9-7-18-21(15-32)36-25-23(18)24(28-16-29-25)30-17-5-6-20(27)19(26)14-17/h3-6,14,16H,7-13,15H2,1-2H3,(H,28,29,30)/b4-3+. The van der Waals surface area contributed by atoms with Crippen molar-refractivity contribution in [3.8, 4) is 0 Å². The Morgan fingerprint density at radius 2 is 2.06 bits per heavy atom. The predicted octanol–water partition coefficient (Wildman–Crippen LogP) is 4.26. The van der Waals surface area contributed by atoms with Gasteiger partial charge in [0, 0.05) is 57.0 Å². The number of carbonyl (C=O) groups is 1. The lowest BCUT2D eigenvalue weighted by Crippen LogP contribution is -2.34. The summed E-state index contributed by atoms with van der Waals surface area (Å²) in [7, 11) is 3.35. The minimum atomic E-state index is -0.473. The normalized spacial score (nSPS) is 13.6. The second kappa shape index (κ2) is 12.6. The van der Waals surface area contributed by atoms with E-state index in [9.17, 15) is 9.18 Å². The smallest absolute Gasteiger partial charge is 0.246 e. The summed E-state index contributed by atoms with van der Waals surface area (Å²) in [5.74, 6) is 0.161. The first kappa shape index (κ1) is 26.4. The van der Waals surface area contributed by atoms with Crippen LogP contribution < -0.4 is 5.32 Å². The summed E-state index contributed by atoms with van der Waals surface area (Å²) in [6, 6.07) is 4.46. The van der Waals surface area contributed by atoms with Crippen molar-refractivity contribution in [2.24, 2.45) is 0 Å². The Kier molecular flexibility index (Phi) is 9.22. The summed E-state index contributed by atoms with van der Waals surface area (Å²) >= 11 is 7.50. The Bertz CT molecular complexity index is 1230. The Morgan fingerprint density at radius 3 is 2.78 bits per heavy atom. The molecule has 0 radical (unpaired) electrons. The van der Waals surface area contributed by atoms with Gasteiger partial charge >= 0.3 is 0 Å². The molecule has 3 aromatic rings. The third-order valence-corrected chi connectivity index (χ3v) is 7.39. The average Bonchev–Trinajstić information content (AvgIpc) is 3.26. The van der Waals surface area contributed by atoms with Crippen molar-refractivity contribution in [1.29, 1.82) is 0 Å². The molecule has 1 aliphatic rings. The number of hydrogen-bond donors (Lipinski definition) is 1.